The Morgan fingerprint density at radius 2 is 2.28 bits per heavy atom. The zero-order valence-electron chi connectivity index (χ0n) is 10.4. The van der Waals surface area contributed by atoms with Gasteiger partial charge in [-0.3, -0.25) is 4.79 Å². The number of anilines is 1. The maximum atomic E-state index is 12.3. The summed E-state index contributed by atoms with van der Waals surface area (Å²) in [7, 11) is 1.51. The molecule has 1 amide bonds. The summed E-state index contributed by atoms with van der Waals surface area (Å²) in [6.45, 7) is 0.590. The number of nitrogens with zero attached hydrogens (tertiary/aromatic N) is 1. The Hall–Kier alpha value is -1.75. The summed E-state index contributed by atoms with van der Waals surface area (Å²) >= 11 is 0. The first-order chi connectivity index (χ1) is 8.63. The fourth-order valence-electron chi connectivity index (χ4n) is 2.16. The van der Waals surface area contributed by atoms with Crippen molar-refractivity contribution in [2.24, 2.45) is 0 Å². The largest absolute Gasteiger partial charge is 0.495 e. The molecule has 5 heteroatoms. The van der Waals surface area contributed by atoms with Crippen LogP contribution < -0.4 is 10.5 Å². The van der Waals surface area contributed by atoms with Crippen LogP contribution in [-0.4, -0.2) is 35.8 Å². The standard InChI is InChI=1S/C13H18N2O3/c1-18-11-8-9(5-6-10(11)14)13(17)15-7-3-2-4-12(15)16/h5-6,8,12,16H,2-4,7,14H2,1H3. The van der Waals surface area contributed by atoms with Gasteiger partial charge in [-0.1, -0.05) is 0 Å². The molecule has 1 aliphatic heterocycles. The number of nitrogens with two attached hydrogens (primary N) is 1. The van der Waals surface area contributed by atoms with E-state index in [0.29, 0.717) is 30.0 Å². The lowest BCUT2D eigenvalue weighted by Gasteiger charge is -2.32. The number of aliphatic hydroxyl groups excluding tert-OH is 1. The van der Waals surface area contributed by atoms with E-state index in [1.165, 1.54) is 12.0 Å². The molecule has 98 valence electrons. The van der Waals surface area contributed by atoms with Crippen LogP contribution in [0.15, 0.2) is 18.2 Å². The molecule has 0 bridgehead atoms. The van der Waals surface area contributed by atoms with Gasteiger partial charge in [0, 0.05) is 12.1 Å². The molecule has 0 aromatic heterocycles. The summed E-state index contributed by atoms with van der Waals surface area (Å²) < 4.78 is 5.09. The van der Waals surface area contributed by atoms with Crippen molar-refractivity contribution >= 4 is 11.6 Å². The molecule has 0 spiro atoms. The summed E-state index contributed by atoms with van der Waals surface area (Å²) in [6, 6.07) is 4.91. The van der Waals surface area contributed by atoms with Crippen LogP contribution in [0.2, 0.25) is 0 Å². The van der Waals surface area contributed by atoms with Gasteiger partial charge in [0.2, 0.25) is 0 Å². The van der Waals surface area contributed by atoms with Crippen molar-refractivity contribution in [2.45, 2.75) is 25.5 Å². The molecule has 1 saturated heterocycles. The predicted octanol–water partition coefficient (Wildman–Crippen LogP) is 1.22. The maximum absolute atomic E-state index is 12.3. The molecule has 1 fully saturated rings. The third-order valence-corrected chi connectivity index (χ3v) is 3.21. The summed E-state index contributed by atoms with van der Waals surface area (Å²) in [6.07, 6.45) is 1.83. The molecular formula is C13H18N2O3. The fraction of sp³-hybridized carbons (Fsp3) is 0.462. The van der Waals surface area contributed by atoms with Gasteiger partial charge in [-0.05, 0) is 37.5 Å². The van der Waals surface area contributed by atoms with Gasteiger partial charge in [-0.2, -0.15) is 0 Å². The van der Waals surface area contributed by atoms with Gasteiger partial charge in [-0.25, -0.2) is 0 Å². The van der Waals surface area contributed by atoms with Gasteiger partial charge in [0.15, 0.2) is 0 Å². The first-order valence-electron chi connectivity index (χ1n) is 6.06. The Balaban J connectivity index is 2.22. The highest BCUT2D eigenvalue weighted by molar-refractivity contribution is 5.95. The van der Waals surface area contributed by atoms with E-state index in [1.54, 1.807) is 18.2 Å². The molecule has 0 radical (unpaired) electrons. The van der Waals surface area contributed by atoms with Crippen LogP contribution in [0.25, 0.3) is 0 Å². The van der Waals surface area contributed by atoms with Crippen LogP contribution >= 0.6 is 0 Å². The number of carbonyl (C=O) groups is 1. The van der Waals surface area contributed by atoms with E-state index in [-0.39, 0.29) is 5.91 Å². The topological polar surface area (TPSA) is 75.8 Å². The van der Waals surface area contributed by atoms with Crippen molar-refractivity contribution in [2.75, 3.05) is 19.4 Å². The van der Waals surface area contributed by atoms with Crippen LogP contribution in [0.4, 0.5) is 5.69 Å². The molecule has 18 heavy (non-hydrogen) atoms. The first kappa shape index (κ1) is 12.7. The quantitative estimate of drug-likeness (QED) is 0.774. The number of aliphatic hydroxyl groups is 1. The van der Waals surface area contributed by atoms with Crippen molar-refractivity contribution in [3.05, 3.63) is 23.8 Å². The van der Waals surface area contributed by atoms with E-state index in [2.05, 4.69) is 0 Å². The first-order valence-corrected chi connectivity index (χ1v) is 6.06. The molecule has 1 aromatic rings. The lowest BCUT2D eigenvalue weighted by atomic mass is 10.1. The van der Waals surface area contributed by atoms with E-state index in [4.69, 9.17) is 10.5 Å². The zero-order valence-corrected chi connectivity index (χ0v) is 10.4. The van der Waals surface area contributed by atoms with Crippen LogP contribution in [0.1, 0.15) is 29.6 Å². The predicted molar refractivity (Wildman–Crippen MR) is 68.3 cm³/mol. The Kier molecular flexibility index (Phi) is 3.72. The molecule has 1 atom stereocenters. The molecule has 2 rings (SSSR count). The third-order valence-electron chi connectivity index (χ3n) is 3.21. The van der Waals surface area contributed by atoms with Gasteiger partial charge in [0.25, 0.3) is 5.91 Å². The van der Waals surface area contributed by atoms with Crippen LogP contribution in [-0.2, 0) is 0 Å². The fourth-order valence-corrected chi connectivity index (χ4v) is 2.16. The Morgan fingerprint density at radius 1 is 1.50 bits per heavy atom. The second kappa shape index (κ2) is 5.27. The summed E-state index contributed by atoms with van der Waals surface area (Å²) in [5, 5.41) is 9.83. The lowest BCUT2D eigenvalue weighted by Crippen LogP contribution is -2.43. The minimum atomic E-state index is -0.685. The highest BCUT2D eigenvalue weighted by atomic mass is 16.5. The van der Waals surface area contributed by atoms with Gasteiger partial charge >= 0.3 is 0 Å². The molecule has 0 aliphatic carbocycles. The minimum Gasteiger partial charge on any atom is -0.495 e. The van der Waals surface area contributed by atoms with Gasteiger partial charge in [0.1, 0.15) is 12.0 Å². The highest BCUT2D eigenvalue weighted by Crippen LogP contribution is 2.24. The minimum absolute atomic E-state index is 0.180. The Bertz CT molecular complexity index is 448. The van der Waals surface area contributed by atoms with E-state index in [0.717, 1.165) is 12.8 Å². The zero-order chi connectivity index (χ0) is 13.1. The number of likely N-dealkylation sites (tertiary alicyclic amines) is 1. The molecular weight excluding hydrogens is 232 g/mol. The SMILES string of the molecule is COc1cc(C(=O)N2CCCCC2O)ccc1N. The number of rotatable bonds is 2. The van der Waals surface area contributed by atoms with Crippen LogP contribution in [0, 0.1) is 0 Å². The number of piperidine rings is 1. The summed E-state index contributed by atoms with van der Waals surface area (Å²) in [5.41, 5.74) is 6.69. The molecule has 0 saturated carbocycles. The maximum Gasteiger partial charge on any atom is 0.256 e. The summed E-state index contributed by atoms with van der Waals surface area (Å²) in [5.74, 6) is 0.299. The van der Waals surface area contributed by atoms with Crippen molar-refractivity contribution in [3.8, 4) is 5.75 Å². The number of methoxy groups -OCH3 is 1. The van der Waals surface area contributed by atoms with Gasteiger partial charge in [-0.15, -0.1) is 0 Å². The second-order valence-electron chi connectivity index (χ2n) is 4.43. The number of benzene rings is 1. The average molecular weight is 250 g/mol. The molecule has 1 heterocycles. The number of amides is 1. The van der Waals surface area contributed by atoms with E-state index in [1.807, 2.05) is 0 Å². The molecule has 5 nitrogen and oxygen atoms in total. The van der Waals surface area contributed by atoms with Crippen molar-refractivity contribution in [1.29, 1.82) is 0 Å². The molecule has 3 N–H and O–H groups in total. The van der Waals surface area contributed by atoms with Crippen LogP contribution in [0.3, 0.4) is 0 Å². The number of carbonyl (C=O) groups excluding carboxylic acids is 1. The number of hydrogen-bond donors (Lipinski definition) is 2. The van der Waals surface area contributed by atoms with E-state index < -0.39 is 6.23 Å². The summed E-state index contributed by atoms with van der Waals surface area (Å²) in [4.78, 5) is 13.8. The molecule has 1 unspecified atom stereocenters. The van der Waals surface area contributed by atoms with E-state index in [9.17, 15) is 9.90 Å². The van der Waals surface area contributed by atoms with Crippen molar-refractivity contribution in [1.82, 2.24) is 4.90 Å². The molecule has 1 aromatic carbocycles. The smallest absolute Gasteiger partial charge is 0.256 e. The third kappa shape index (κ3) is 2.41. The van der Waals surface area contributed by atoms with Crippen molar-refractivity contribution < 1.29 is 14.6 Å². The Labute approximate surface area is 106 Å². The molecule has 1 aliphatic rings. The van der Waals surface area contributed by atoms with E-state index >= 15 is 0 Å². The second-order valence-corrected chi connectivity index (χ2v) is 4.43. The number of hydrogen-bond acceptors (Lipinski definition) is 4. The monoisotopic (exact) mass is 250 g/mol. The van der Waals surface area contributed by atoms with Crippen LogP contribution in [0.5, 0.6) is 5.75 Å². The Morgan fingerprint density at radius 3 is 2.94 bits per heavy atom. The van der Waals surface area contributed by atoms with Crippen molar-refractivity contribution in [3.63, 3.8) is 0 Å². The number of nitrogen functional groups attached to an aromatic ring is 1. The highest BCUT2D eigenvalue weighted by Gasteiger charge is 2.25. The number of ether oxygens (including phenoxy) is 1. The van der Waals surface area contributed by atoms with Gasteiger partial charge in [0.05, 0.1) is 12.8 Å². The lowest BCUT2D eigenvalue weighted by molar-refractivity contribution is -0.0120. The normalized spacial score (nSPS) is 19.7. The van der Waals surface area contributed by atoms with Gasteiger partial charge < -0.3 is 20.5 Å². The average Bonchev–Trinajstić information content (AvgIpc) is 2.39.